The first-order valence-electron chi connectivity index (χ1n) is 13.5. The fraction of sp³-hybridized carbons (Fsp3) is 0.147. The van der Waals surface area contributed by atoms with E-state index in [4.69, 9.17) is 9.47 Å². The van der Waals surface area contributed by atoms with Crippen LogP contribution in [0.4, 0.5) is 11.4 Å². The Morgan fingerprint density at radius 3 is 2.28 bits per heavy atom. The van der Waals surface area contributed by atoms with E-state index < -0.39 is 17.1 Å². The minimum absolute atomic E-state index is 0.0983. The van der Waals surface area contributed by atoms with Gasteiger partial charge in [-0.05, 0) is 73.5 Å². The first kappa shape index (κ1) is 30.9. The molecule has 4 aromatic carbocycles. The monoisotopic (exact) mass is 595 g/mol. The lowest BCUT2D eigenvalue weighted by molar-refractivity contribution is -0.115. The number of benzene rings is 4. The number of carbonyl (C=O) groups excluding carboxylic acids is 3. The summed E-state index contributed by atoms with van der Waals surface area (Å²) in [5.74, 6) is 0.0108. The van der Waals surface area contributed by atoms with Gasteiger partial charge in [0, 0.05) is 22.2 Å². The van der Waals surface area contributed by atoms with E-state index in [1.54, 1.807) is 80.8 Å². The molecule has 0 aliphatic rings. The molecule has 3 N–H and O–H groups in total. The molecule has 0 saturated heterocycles. The summed E-state index contributed by atoms with van der Waals surface area (Å²) >= 11 is 1.34. The van der Waals surface area contributed by atoms with Crippen LogP contribution in [-0.4, -0.2) is 37.2 Å². The molecule has 0 aliphatic carbocycles. The molecule has 43 heavy (non-hydrogen) atoms. The number of hydrogen-bond donors (Lipinski definition) is 3. The summed E-state index contributed by atoms with van der Waals surface area (Å²) in [6.45, 7) is 3.73. The number of methoxy groups -OCH3 is 2. The lowest BCUT2D eigenvalue weighted by Crippen LogP contribution is -2.30. The van der Waals surface area contributed by atoms with Gasteiger partial charge in [-0.3, -0.25) is 14.4 Å². The SMILES string of the molecule is COc1ccc(OC)c(NC(=O)C(C)Sc2cccc(NC(=O)/C(=C/c3ccccc3C)NC(=O)c3ccccc3)c2)c1. The molecule has 220 valence electrons. The van der Waals surface area contributed by atoms with Crippen molar-refractivity contribution in [3.05, 3.63) is 119 Å². The Bertz CT molecular complexity index is 1640. The van der Waals surface area contributed by atoms with E-state index in [9.17, 15) is 14.4 Å². The first-order chi connectivity index (χ1) is 20.8. The van der Waals surface area contributed by atoms with E-state index >= 15 is 0 Å². The number of anilines is 2. The van der Waals surface area contributed by atoms with Crippen LogP contribution < -0.4 is 25.4 Å². The predicted molar refractivity (Wildman–Crippen MR) is 172 cm³/mol. The topological polar surface area (TPSA) is 106 Å². The second kappa shape index (κ2) is 14.7. The van der Waals surface area contributed by atoms with Crippen LogP contribution in [0.5, 0.6) is 11.5 Å². The van der Waals surface area contributed by atoms with Crippen molar-refractivity contribution >= 4 is 46.9 Å². The van der Waals surface area contributed by atoms with Gasteiger partial charge in [-0.1, -0.05) is 48.5 Å². The minimum atomic E-state index is -0.481. The normalized spacial score (nSPS) is 11.7. The number of aryl methyl sites for hydroxylation is 1. The summed E-state index contributed by atoms with van der Waals surface area (Å²) in [5.41, 5.74) is 3.31. The quantitative estimate of drug-likeness (QED) is 0.134. The highest BCUT2D eigenvalue weighted by atomic mass is 32.2. The number of thioether (sulfide) groups is 1. The van der Waals surface area contributed by atoms with Gasteiger partial charge in [0.15, 0.2) is 0 Å². The number of ether oxygens (including phenoxy) is 2. The van der Waals surface area contributed by atoms with Crippen LogP contribution in [0.1, 0.15) is 28.4 Å². The molecular weight excluding hydrogens is 562 g/mol. The lowest BCUT2D eigenvalue weighted by atomic mass is 10.1. The average Bonchev–Trinajstić information content (AvgIpc) is 3.02. The highest BCUT2D eigenvalue weighted by molar-refractivity contribution is 8.00. The van der Waals surface area contributed by atoms with Crippen molar-refractivity contribution in [2.45, 2.75) is 24.0 Å². The molecule has 0 bridgehead atoms. The number of rotatable bonds is 11. The van der Waals surface area contributed by atoms with E-state index in [0.29, 0.717) is 28.4 Å². The van der Waals surface area contributed by atoms with Crippen LogP contribution >= 0.6 is 11.8 Å². The fourth-order valence-corrected chi connectivity index (χ4v) is 5.02. The Balaban J connectivity index is 1.49. The molecule has 1 atom stereocenters. The number of hydrogen-bond acceptors (Lipinski definition) is 6. The molecule has 1 unspecified atom stereocenters. The number of nitrogens with one attached hydrogen (secondary N) is 3. The van der Waals surface area contributed by atoms with Gasteiger partial charge >= 0.3 is 0 Å². The second-order valence-corrected chi connectivity index (χ2v) is 10.9. The second-order valence-electron chi connectivity index (χ2n) is 9.53. The molecule has 0 radical (unpaired) electrons. The van der Waals surface area contributed by atoms with E-state index in [0.717, 1.165) is 16.0 Å². The minimum Gasteiger partial charge on any atom is -0.497 e. The van der Waals surface area contributed by atoms with Crippen molar-refractivity contribution in [3.63, 3.8) is 0 Å². The van der Waals surface area contributed by atoms with Crippen LogP contribution in [0.25, 0.3) is 6.08 Å². The molecule has 8 nitrogen and oxygen atoms in total. The van der Waals surface area contributed by atoms with Crippen LogP contribution in [-0.2, 0) is 9.59 Å². The van der Waals surface area contributed by atoms with Crippen molar-refractivity contribution in [1.82, 2.24) is 5.32 Å². The standard InChI is InChI=1S/C34H33N3O5S/c1-22-11-8-9-14-25(22)19-30(37-33(39)24-12-6-5-7-13-24)34(40)35-26-15-10-16-28(20-26)43-23(2)32(38)36-29-21-27(41-3)17-18-31(29)42-4/h5-21,23H,1-4H3,(H,35,40)(H,36,38)(H,37,39)/b30-19-. The van der Waals surface area contributed by atoms with Crippen LogP contribution in [0.2, 0.25) is 0 Å². The Hall–Kier alpha value is -5.02. The zero-order valence-corrected chi connectivity index (χ0v) is 25.2. The van der Waals surface area contributed by atoms with Crippen LogP contribution in [0.15, 0.2) is 108 Å². The summed E-state index contributed by atoms with van der Waals surface area (Å²) in [6.07, 6.45) is 1.66. The zero-order valence-electron chi connectivity index (χ0n) is 24.3. The molecule has 4 rings (SSSR count). The van der Waals surface area contributed by atoms with Gasteiger partial charge in [0.1, 0.15) is 17.2 Å². The summed E-state index contributed by atoms with van der Waals surface area (Å²) in [4.78, 5) is 40.2. The summed E-state index contributed by atoms with van der Waals surface area (Å²) in [7, 11) is 3.08. The highest BCUT2D eigenvalue weighted by Gasteiger charge is 2.19. The first-order valence-corrected chi connectivity index (χ1v) is 14.4. The predicted octanol–water partition coefficient (Wildman–Crippen LogP) is 6.54. The van der Waals surface area contributed by atoms with E-state index in [1.807, 2.05) is 43.3 Å². The number of amides is 3. The van der Waals surface area contributed by atoms with E-state index in [-0.39, 0.29) is 11.6 Å². The maximum Gasteiger partial charge on any atom is 0.272 e. The molecule has 0 spiro atoms. The third-order valence-electron chi connectivity index (χ3n) is 6.46. The summed E-state index contributed by atoms with van der Waals surface area (Å²) in [6, 6.07) is 28.6. The lowest BCUT2D eigenvalue weighted by Gasteiger charge is -2.16. The molecular formula is C34H33N3O5S. The molecule has 0 aliphatic heterocycles. The molecule has 0 aromatic heterocycles. The molecule has 0 heterocycles. The Kier molecular flexibility index (Phi) is 10.6. The van der Waals surface area contributed by atoms with Gasteiger partial charge in [-0.25, -0.2) is 0 Å². The maximum atomic E-state index is 13.5. The smallest absolute Gasteiger partial charge is 0.272 e. The third-order valence-corrected chi connectivity index (χ3v) is 7.55. The van der Waals surface area contributed by atoms with Crippen molar-refractivity contribution in [1.29, 1.82) is 0 Å². The number of carbonyl (C=O) groups is 3. The van der Waals surface area contributed by atoms with Gasteiger partial charge in [-0.15, -0.1) is 11.8 Å². The molecule has 3 amide bonds. The van der Waals surface area contributed by atoms with Crippen molar-refractivity contribution in [2.75, 3.05) is 24.9 Å². The summed E-state index contributed by atoms with van der Waals surface area (Å²) in [5, 5.41) is 8.07. The molecule has 9 heteroatoms. The average molecular weight is 596 g/mol. The Morgan fingerprint density at radius 2 is 1.56 bits per heavy atom. The largest absolute Gasteiger partial charge is 0.497 e. The Labute approximate surface area is 255 Å². The maximum absolute atomic E-state index is 13.5. The van der Waals surface area contributed by atoms with Gasteiger partial charge in [0.05, 0.1) is 25.2 Å². The van der Waals surface area contributed by atoms with Gasteiger partial charge in [0.2, 0.25) is 5.91 Å². The van der Waals surface area contributed by atoms with Crippen molar-refractivity contribution < 1.29 is 23.9 Å². The van der Waals surface area contributed by atoms with E-state index in [1.165, 1.54) is 18.9 Å². The van der Waals surface area contributed by atoms with Crippen molar-refractivity contribution in [2.24, 2.45) is 0 Å². The Morgan fingerprint density at radius 1 is 0.814 bits per heavy atom. The van der Waals surface area contributed by atoms with E-state index in [2.05, 4.69) is 16.0 Å². The molecule has 4 aromatic rings. The van der Waals surface area contributed by atoms with Gasteiger partial charge < -0.3 is 25.4 Å². The molecule has 0 saturated carbocycles. The van der Waals surface area contributed by atoms with Crippen LogP contribution in [0, 0.1) is 6.92 Å². The van der Waals surface area contributed by atoms with Gasteiger partial charge in [-0.2, -0.15) is 0 Å². The van der Waals surface area contributed by atoms with Gasteiger partial charge in [0.25, 0.3) is 11.8 Å². The summed E-state index contributed by atoms with van der Waals surface area (Å²) < 4.78 is 10.6. The zero-order chi connectivity index (χ0) is 30.8. The third kappa shape index (κ3) is 8.50. The van der Waals surface area contributed by atoms with Crippen LogP contribution in [0.3, 0.4) is 0 Å². The molecule has 0 fully saturated rings. The highest BCUT2D eigenvalue weighted by Crippen LogP contribution is 2.31. The van der Waals surface area contributed by atoms with Crippen molar-refractivity contribution in [3.8, 4) is 11.5 Å². The fourth-order valence-electron chi connectivity index (χ4n) is 4.10.